The molecule has 0 unspecified atom stereocenters. The molecule has 0 aliphatic heterocycles. The Morgan fingerprint density at radius 1 is 0.800 bits per heavy atom. The molecule has 0 bridgehead atoms. The van der Waals surface area contributed by atoms with E-state index in [1.54, 1.807) is 0 Å². The number of aryl methyl sites for hydroxylation is 2. The highest BCUT2D eigenvalue weighted by Crippen LogP contribution is 2.20. The zero-order valence-electron chi connectivity index (χ0n) is 13.7. The predicted octanol–water partition coefficient (Wildman–Crippen LogP) is 5.48. The minimum absolute atomic E-state index is 0.152. The second-order valence-corrected chi connectivity index (χ2v) is 6.09. The highest BCUT2D eigenvalue weighted by molar-refractivity contribution is 5.37. The van der Waals surface area contributed by atoms with E-state index in [2.05, 4.69) is 32.9 Å². The summed E-state index contributed by atoms with van der Waals surface area (Å²) in [5.41, 5.74) is 5.22. The molecule has 0 spiro atoms. The Labute approximate surface area is 125 Å². The quantitative estimate of drug-likeness (QED) is 0.561. The predicted molar refractivity (Wildman–Crippen MR) is 88.2 cm³/mol. The van der Waals surface area contributed by atoms with Crippen LogP contribution >= 0.6 is 0 Å². The van der Waals surface area contributed by atoms with Gasteiger partial charge in [0.1, 0.15) is 0 Å². The van der Waals surface area contributed by atoms with E-state index in [1.807, 2.05) is 0 Å². The van der Waals surface area contributed by atoms with E-state index in [0.717, 1.165) is 5.56 Å². The summed E-state index contributed by atoms with van der Waals surface area (Å²) in [7, 11) is 0. The number of unbranched alkanes of at least 4 members (excludes halogenated alkanes) is 7. The van der Waals surface area contributed by atoms with Crippen molar-refractivity contribution in [3.8, 4) is 0 Å². The second-order valence-electron chi connectivity index (χ2n) is 6.09. The van der Waals surface area contributed by atoms with Gasteiger partial charge in [0, 0.05) is 0 Å². The standard InChI is InChI=1S/C19H32O/c1-4-5-6-7-8-9-10-11-12-19-16(2)13-18(15-20)14-17(19)3/h13-14,20H,4-12,15H2,1-3H3. The van der Waals surface area contributed by atoms with Gasteiger partial charge in [0.05, 0.1) is 6.61 Å². The molecule has 0 radical (unpaired) electrons. The van der Waals surface area contributed by atoms with Crippen LogP contribution in [0.25, 0.3) is 0 Å². The Balaban J connectivity index is 2.25. The average Bonchev–Trinajstić information content (AvgIpc) is 2.43. The van der Waals surface area contributed by atoms with Crippen LogP contribution in [-0.2, 0) is 13.0 Å². The molecule has 20 heavy (non-hydrogen) atoms. The van der Waals surface area contributed by atoms with E-state index in [9.17, 15) is 5.11 Å². The van der Waals surface area contributed by atoms with E-state index < -0.39 is 0 Å². The summed E-state index contributed by atoms with van der Waals surface area (Å²) in [5.74, 6) is 0. The van der Waals surface area contributed by atoms with Gasteiger partial charge in [0.2, 0.25) is 0 Å². The van der Waals surface area contributed by atoms with Gasteiger partial charge < -0.3 is 5.11 Å². The van der Waals surface area contributed by atoms with E-state index in [0.29, 0.717) is 0 Å². The van der Waals surface area contributed by atoms with Gasteiger partial charge in [0.25, 0.3) is 0 Å². The van der Waals surface area contributed by atoms with Crippen molar-refractivity contribution in [3.63, 3.8) is 0 Å². The van der Waals surface area contributed by atoms with Crippen LogP contribution in [0.4, 0.5) is 0 Å². The van der Waals surface area contributed by atoms with Crippen molar-refractivity contribution in [2.45, 2.75) is 85.2 Å². The van der Waals surface area contributed by atoms with Gasteiger partial charge in [-0.15, -0.1) is 0 Å². The fraction of sp³-hybridized carbons (Fsp3) is 0.684. The van der Waals surface area contributed by atoms with Crippen molar-refractivity contribution in [1.29, 1.82) is 0 Å². The highest BCUT2D eigenvalue weighted by atomic mass is 16.3. The van der Waals surface area contributed by atoms with Crippen LogP contribution in [0.1, 0.15) is 80.5 Å². The fourth-order valence-electron chi connectivity index (χ4n) is 3.00. The molecule has 0 saturated heterocycles. The van der Waals surface area contributed by atoms with E-state index in [1.165, 1.54) is 74.5 Å². The summed E-state index contributed by atoms with van der Waals surface area (Å²) in [4.78, 5) is 0. The van der Waals surface area contributed by atoms with Crippen molar-refractivity contribution >= 4 is 0 Å². The first-order chi connectivity index (χ1) is 9.69. The van der Waals surface area contributed by atoms with Crippen LogP contribution in [0, 0.1) is 13.8 Å². The Morgan fingerprint density at radius 3 is 1.80 bits per heavy atom. The molecule has 0 heterocycles. The van der Waals surface area contributed by atoms with Gasteiger partial charge >= 0.3 is 0 Å². The van der Waals surface area contributed by atoms with Crippen molar-refractivity contribution in [2.75, 3.05) is 0 Å². The van der Waals surface area contributed by atoms with Gasteiger partial charge in [-0.3, -0.25) is 0 Å². The van der Waals surface area contributed by atoms with Crippen LogP contribution in [-0.4, -0.2) is 5.11 Å². The fourth-order valence-corrected chi connectivity index (χ4v) is 3.00. The lowest BCUT2D eigenvalue weighted by atomic mass is 9.95. The maximum Gasteiger partial charge on any atom is 0.0682 e. The Bertz CT molecular complexity index is 358. The molecular weight excluding hydrogens is 244 g/mol. The molecule has 1 N–H and O–H groups in total. The number of hydrogen-bond acceptors (Lipinski definition) is 1. The van der Waals surface area contributed by atoms with Gasteiger partial charge in [-0.2, -0.15) is 0 Å². The third kappa shape index (κ3) is 6.09. The Kier molecular flexibility index (Phi) is 8.60. The molecular formula is C19H32O. The maximum atomic E-state index is 9.21. The molecule has 0 atom stereocenters. The van der Waals surface area contributed by atoms with E-state index >= 15 is 0 Å². The number of hydrogen-bond donors (Lipinski definition) is 1. The molecule has 0 amide bonds. The first-order valence-electron chi connectivity index (χ1n) is 8.39. The summed E-state index contributed by atoms with van der Waals surface area (Å²) >= 11 is 0. The lowest BCUT2D eigenvalue weighted by Gasteiger charge is -2.12. The smallest absolute Gasteiger partial charge is 0.0682 e. The van der Waals surface area contributed by atoms with Crippen LogP contribution in [0.2, 0.25) is 0 Å². The maximum absolute atomic E-state index is 9.21. The van der Waals surface area contributed by atoms with Crippen molar-refractivity contribution < 1.29 is 5.11 Å². The molecule has 0 aliphatic rings. The molecule has 0 fully saturated rings. The number of aliphatic hydroxyl groups excluding tert-OH is 1. The van der Waals surface area contributed by atoms with E-state index in [-0.39, 0.29) is 6.61 Å². The Hall–Kier alpha value is -0.820. The van der Waals surface area contributed by atoms with Crippen LogP contribution < -0.4 is 0 Å². The molecule has 1 rings (SSSR count). The van der Waals surface area contributed by atoms with Crippen LogP contribution in [0.15, 0.2) is 12.1 Å². The Morgan fingerprint density at radius 2 is 1.30 bits per heavy atom. The summed E-state index contributed by atoms with van der Waals surface area (Å²) < 4.78 is 0. The number of aliphatic hydroxyl groups is 1. The minimum atomic E-state index is 0.152. The van der Waals surface area contributed by atoms with Gasteiger partial charge in [-0.05, 0) is 48.9 Å². The average molecular weight is 276 g/mol. The summed E-state index contributed by atoms with van der Waals surface area (Å²) in [6, 6.07) is 4.26. The molecule has 0 saturated carbocycles. The van der Waals surface area contributed by atoms with Crippen molar-refractivity contribution in [2.24, 2.45) is 0 Å². The summed E-state index contributed by atoms with van der Waals surface area (Å²) in [6.07, 6.45) is 12.2. The third-order valence-corrected chi connectivity index (χ3v) is 4.22. The van der Waals surface area contributed by atoms with Crippen LogP contribution in [0.3, 0.4) is 0 Å². The van der Waals surface area contributed by atoms with Crippen LogP contribution in [0.5, 0.6) is 0 Å². The van der Waals surface area contributed by atoms with Crippen molar-refractivity contribution in [1.82, 2.24) is 0 Å². The summed E-state index contributed by atoms with van der Waals surface area (Å²) in [6.45, 7) is 6.77. The first kappa shape index (κ1) is 17.2. The van der Waals surface area contributed by atoms with Gasteiger partial charge in [-0.25, -0.2) is 0 Å². The number of benzene rings is 1. The monoisotopic (exact) mass is 276 g/mol. The van der Waals surface area contributed by atoms with Gasteiger partial charge in [0.15, 0.2) is 0 Å². The summed E-state index contributed by atoms with van der Waals surface area (Å²) in [5, 5.41) is 9.21. The molecule has 1 nitrogen and oxygen atoms in total. The van der Waals surface area contributed by atoms with Crippen molar-refractivity contribution in [3.05, 3.63) is 34.4 Å². The second kappa shape index (κ2) is 9.99. The zero-order valence-corrected chi connectivity index (χ0v) is 13.7. The molecule has 1 aromatic carbocycles. The highest BCUT2D eigenvalue weighted by Gasteiger charge is 2.04. The lowest BCUT2D eigenvalue weighted by Crippen LogP contribution is -1.97. The largest absolute Gasteiger partial charge is 0.392 e. The minimum Gasteiger partial charge on any atom is -0.392 e. The third-order valence-electron chi connectivity index (χ3n) is 4.22. The van der Waals surface area contributed by atoms with Gasteiger partial charge in [-0.1, -0.05) is 64.0 Å². The molecule has 1 heteroatoms. The SMILES string of the molecule is CCCCCCCCCCc1c(C)cc(CO)cc1C. The zero-order chi connectivity index (χ0) is 14.8. The molecule has 114 valence electrons. The molecule has 0 aromatic heterocycles. The lowest BCUT2D eigenvalue weighted by molar-refractivity contribution is 0.281. The first-order valence-corrected chi connectivity index (χ1v) is 8.39. The molecule has 0 aliphatic carbocycles. The number of rotatable bonds is 10. The van der Waals surface area contributed by atoms with E-state index in [4.69, 9.17) is 0 Å². The topological polar surface area (TPSA) is 20.2 Å². The molecule has 1 aromatic rings. The normalized spacial score (nSPS) is 11.0.